The number of nitrogens with one attached hydrogen (secondary N) is 2. The van der Waals surface area contributed by atoms with E-state index < -0.39 is 11.6 Å². The van der Waals surface area contributed by atoms with Gasteiger partial charge in [0.1, 0.15) is 11.4 Å². The number of rotatable bonds is 5. The number of carbonyl (C=O) groups is 1. The van der Waals surface area contributed by atoms with Gasteiger partial charge in [-0.2, -0.15) is 4.98 Å². The lowest BCUT2D eigenvalue weighted by molar-refractivity contribution is 0.100. The zero-order valence-corrected chi connectivity index (χ0v) is 14.2. The van der Waals surface area contributed by atoms with E-state index in [0.29, 0.717) is 11.8 Å². The fraction of sp³-hybridized carbons (Fsp3) is 0.222. The molecule has 0 radical (unpaired) electrons. The molecule has 1 saturated carbocycles. The molecule has 1 aliphatic carbocycles. The van der Waals surface area contributed by atoms with Crippen LogP contribution in [0.3, 0.4) is 0 Å². The van der Waals surface area contributed by atoms with Crippen LogP contribution in [0.5, 0.6) is 0 Å². The van der Waals surface area contributed by atoms with Crippen LogP contribution in [-0.4, -0.2) is 26.1 Å². The van der Waals surface area contributed by atoms with Crippen LogP contribution in [-0.2, 0) is 7.05 Å². The fourth-order valence-corrected chi connectivity index (χ4v) is 2.85. The number of fused-ring (bicyclic) bond motifs is 1. The van der Waals surface area contributed by atoms with E-state index in [1.165, 1.54) is 6.20 Å². The number of hydrogen-bond acceptors (Lipinski definition) is 5. The van der Waals surface area contributed by atoms with Gasteiger partial charge >= 0.3 is 5.66 Å². The zero-order chi connectivity index (χ0) is 18.3. The summed E-state index contributed by atoms with van der Waals surface area (Å²) in [6.45, 7) is 7.27. The minimum absolute atomic E-state index is 0.191. The van der Waals surface area contributed by atoms with Gasteiger partial charge < -0.3 is 15.6 Å². The first-order valence-corrected chi connectivity index (χ1v) is 8.16. The lowest BCUT2D eigenvalue weighted by Gasteiger charge is -2.13. The smallest absolute Gasteiger partial charge is 0.308 e. The number of carbonyl (C=O) groups excluding carboxylic acids is 1. The van der Waals surface area contributed by atoms with Gasteiger partial charge in [0.05, 0.1) is 12.8 Å². The van der Waals surface area contributed by atoms with Crippen molar-refractivity contribution in [2.45, 2.75) is 18.5 Å². The molecule has 8 nitrogen and oxygen atoms in total. The SMILES string of the molecule is [C-]#[N+]C1(Nc2ncc(C(N)=O)c(Nc3cccc4c3ccn4C)n2)CC1. The van der Waals surface area contributed by atoms with Crippen molar-refractivity contribution in [2.75, 3.05) is 10.6 Å². The summed E-state index contributed by atoms with van der Waals surface area (Å²) in [4.78, 5) is 23.9. The summed E-state index contributed by atoms with van der Waals surface area (Å²) in [6.07, 6.45) is 4.85. The van der Waals surface area contributed by atoms with E-state index in [0.717, 1.165) is 29.4 Å². The molecule has 3 aromatic rings. The van der Waals surface area contributed by atoms with Crippen LogP contribution in [0, 0.1) is 6.57 Å². The molecular formula is C18H17N7O. The second-order valence-electron chi connectivity index (χ2n) is 6.38. The first-order chi connectivity index (χ1) is 12.5. The number of nitrogens with zero attached hydrogens (tertiary/aromatic N) is 4. The third-order valence-corrected chi connectivity index (χ3v) is 4.52. The second-order valence-corrected chi connectivity index (χ2v) is 6.38. The molecule has 1 aliphatic rings. The summed E-state index contributed by atoms with van der Waals surface area (Å²) >= 11 is 0. The lowest BCUT2D eigenvalue weighted by Crippen LogP contribution is -2.20. The van der Waals surface area contributed by atoms with E-state index in [4.69, 9.17) is 12.3 Å². The van der Waals surface area contributed by atoms with Gasteiger partial charge in [-0.25, -0.2) is 11.6 Å². The largest absolute Gasteiger partial charge is 0.365 e. The van der Waals surface area contributed by atoms with Crippen LogP contribution >= 0.6 is 0 Å². The van der Waals surface area contributed by atoms with Crippen LogP contribution in [0.1, 0.15) is 23.2 Å². The van der Waals surface area contributed by atoms with Crippen molar-refractivity contribution < 1.29 is 4.79 Å². The number of amides is 1. The number of anilines is 3. The maximum absolute atomic E-state index is 11.8. The third-order valence-electron chi connectivity index (χ3n) is 4.52. The Morgan fingerprint density at radius 2 is 2.19 bits per heavy atom. The van der Waals surface area contributed by atoms with E-state index in [2.05, 4.69) is 25.4 Å². The molecule has 0 bridgehead atoms. The Balaban J connectivity index is 1.73. The van der Waals surface area contributed by atoms with Crippen LogP contribution in [0.25, 0.3) is 15.7 Å². The average molecular weight is 347 g/mol. The van der Waals surface area contributed by atoms with Crippen LogP contribution in [0.4, 0.5) is 17.5 Å². The van der Waals surface area contributed by atoms with Crippen molar-refractivity contribution in [2.24, 2.45) is 12.8 Å². The van der Waals surface area contributed by atoms with E-state index in [1.807, 2.05) is 42.1 Å². The van der Waals surface area contributed by atoms with Gasteiger partial charge in [0, 0.05) is 36.0 Å². The summed E-state index contributed by atoms with van der Waals surface area (Å²) in [6, 6.07) is 7.83. The third kappa shape index (κ3) is 2.69. The Hall–Kier alpha value is -3.60. The quantitative estimate of drug-likeness (QED) is 0.616. The minimum atomic E-state index is -0.620. The van der Waals surface area contributed by atoms with E-state index in [-0.39, 0.29) is 5.56 Å². The molecule has 130 valence electrons. The number of benzene rings is 1. The standard InChI is InChI=1S/C18H17N7O/c1-20-18(7-8-18)24-17-21-10-12(15(19)26)16(23-17)22-13-4-3-5-14-11(13)6-9-25(14)2/h3-6,9-10H,7-8H2,2H3,(H2,19,26)(H2,21,22,23,24). The van der Waals surface area contributed by atoms with Crippen molar-refractivity contribution in [3.8, 4) is 0 Å². The van der Waals surface area contributed by atoms with Gasteiger partial charge in [0.2, 0.25) is 5.95 Å². The molecule has 4 rings (SSSR count). The van der Waals surface area contributed by atoms with Crippen molar-refractivity contribution in [1.82, 2.24) is 14.5 Å². The molecule has 2 heterocycles. The van der Waals surface area contributed by atoms with Gasteiger partial charge in [0.15, 0.2) is 0 Å². The Morgan fingerprint density at radius 1 is 1.38 bits per heavy atom. The summed E-state index contributed by atoms with van der Waals surface area (Å²) in [5.41, 5.74) is 6.90. The molecule has 2 aromatic heterocycles. The van der Waals surface area contributed by atoms with Gasteiger partial charge in [-0.15, -0.1) is 0 Å². The van der Waals surface area contributed by atoms with Crippen LogP contribution < -0.4 is 16.4 Å². The zero-order valence-electron chi connectivity index (χ0n) is 14.2. The van der Waals surface area contributed by atoms with Gasteiger partial charge in [-0.3, -0.25) is 15.0 Å². The lowest BCUT2D eigenvalue weighted by atomic mass is 10.2. The molecule has 1 amide bonds. The summed E-state index contributed by atoms with van der Waals surface area (Å²) < 4.78 is 2.01. The highest BCUT2D eigenvalue weighted by Crippen LogP contribution is 2.39. The number of aryl methyl sites for hydroxylation is 1. The first kappa shape index (κ1) is 15.9. The number of aromatic nitrogens is 3. The fourth-order valence-electron chi connectivity index (χ4n) is 2.85. The maximum atomic E-state index is 11.8. The van der Waals surface area contributed by atoms with Crippen LogP contribution in [0.2, 0.25) is 0 Å². The highest BCUT2D eigenvalue weighted by atomic mass is 16.1. The predicted octanol–water partition coefficient (Wildman–Crippen LogP) is 2.63. The summed E-state index contributed by atoms with van der Waals surface area (Å²) in [5.74, 6) is -0.0102. The number of hydrogen-bond donors (Lipinski definition) is 3. The molecule has 0 unspecified atom stereocenters. The van der Waals surface area contributed by atoms with Crippen molar-refractivity contribution >= 4 is 34.3 Å². The minimum Gasteiger partial charge on any atom is -0.365 e. The topological polar surface area (TPSA) is 102 Å². The molecule has 8 heteroatoms. The van der Waals surface area contributed by atoms with E-state index >= 15 is 0 Å². The van der Waals surface area contributed by atoms with Crippen molar-refractivity contribution in [1.29, 1.82) is 0 Å². The molecule has 0 spiro atoms. The summed E-state index contributed by atoms with van der Waals surface area (Å²) in [5, 5.41) is 7.23. The normalized spacial score (nSPS) is 14.6. The molecule has 26 heavy (non-hydrogen) atoms. The Morgan fingerprint density at radius 3 is 2.88 bits per heavy atom. The van der Waals surface area contributed by atoms with Crippen LogP contribution in [0.15, 0.2) is 36.7 Å². The van der Waals surface area contributed by atoms with Crippen molar-refractivity contribution in [3.63, 3.8) is 0 Å². The first-order valence-electron chi connectivity index (χ1n) is 8.16. The molecular weight excluding hydrogens is 330 g/mol. The highest BCUT2D eigenvalue weighted by Gasteiger charge is 2.51. The molecule has 1 fully saturated rings. The highest BCUT2D eigenvalue weighted by molar-refractivity contribution is 6.00. The predicted molar refractivity (Wildman–Crippen MR) is 98.9 cm³/mol. The van der Waals surface area contributed by atoms with Gasteiger partial charge in [-0.05, 0) is 18.2 Å². The molecule has 0 aliphatic heterocycles. The van der Waals surface area contributed by atoms with Crippen molar-refractivity contribution in [3.05, 3.63) is 53.6 Å². The Labute approximate surface area is 149 Å². The van der Waals surface area contributed by atoms with Gasteiger partial charge in [-0.1, -0.05) is 6.07 Å². The molecule has 1 aromatic carbocycles. The number of nitrogens with two attached hydrogens (primary N) is 1. The second kappa shape index (κ2) is 5.74. The summed E-state index contributed by atoms with van der Waals surface area (Å²) in [7, 11) is 1.97. The molecule has 0 atom stereocenters. The maximum Gasteiger partial charge on any atom is 0.308 e. The Kier molecular flexibility index (Phi) is 3.51. The van der Waals surface area contributed by atoms with E-state index in [9.17, 15) is 4.79 Å². The Bertz CT molecular complexity index is 1060. The average Bonchev–Trinajstić information content (AvgIpc) is 3.30. The molecule has 4 N–H and O–H groups in total. The van der Waals surface area contributed by atoms with Gasteiger partial charge in [0.25, 0.3) is 5.91 Å². The van der Waals surface area contributed by atoms with E-state index in [1.54, 1.807) is 0 Å². The monoisotopic (exact) mass is 347 g/mol. The molecule has 0 saturated heterocycles. The number of primary amides is 1.